The van der Waals surface area contributed by atoms with Gasteiger partial charge in [0.05, 0.1) is 0 Å². The third-order valence-electron chi connectivity index (χ3n) is 6.47. The first-order valence-corrected chi connectivity index (χ1v) is 11.1. The molecule has 152 valence electrons. The summed E-state index contributed by atoms with van der Waals surface area (Å²) in [4.78, 5) is 27.0. The molecular formula is C22H30ClN3O2. The van der Waals surface area contributed by atoms with E-state index in [9.17, 15) is 9.59 Å². The molecule has 2 unspecified atom stereocenters. The zero-order chi connectivity index (χ0) is 19.5. The maximum Gasteiger partial charge on any atom is 0.315 e. The number of nitrogens with one attached hydrogen (secondary N) is 2. The van der Waals surface area contributed by atoms with E-state index in [0.29, 0.717) is 12.0 Å². The number of likely N-dealkylation sites (tertiary alicyclic amines) is 1. The Morgan fingerprint density at radius 3 is 2.32 bits per heavy atom. The number of halogens is 1. The number of hydrogen-bond acceptors (Lipinski definition) is 2. The van der Waals surface area contributed by atoms with Crippen molar-refractivity contribution in [3.8, 4) is 0 Å². The number of carbonyl (C=O) groups excluding carboxylic acids is 2. The van der Waals surface area contributed by atoms with Gasteiger partial charge in [-0.1, -0.05) is 43.0 Å². The van der Waals surface area contributed by atoms with Gasteiger partial charge in [-0.15, -0.1) is 0 Å². The van der Waals surface area contributed by atoms with Gasteiger partial charge in [0, 0.05) is 36.1 Å². The van der Waals surface area contributed by atoms with E-state index < -0.39 is 0 Å². The summed E-state index contributed by atoms with van der Waals surface area (Å²) in [5, 5.41) is 6.95. The first-order chi connectivity index (χ1) is 13.6. The number of piperidine rings is 1. The molecule has 5 nitrogen and oxygen atoms in total. The molecule has 0 bridgehead atoms. The van der Waals surface area contributed by atoms with Gasteiger partial charge in [0.1, 0.15) is 0 Å². The van der Waals surface area contributed by atoms with Crippen LogP contribution in [-0.4, -0.2) is 42.0 Å². The highest BCUT2D eigenvalue weighted by atomic mass is 35.5. The van der Waals surface area contributed by atoms with Crippen LogP contribution in [0.5, 0.6) is 0 Å². The van der Waals surface area contributed by atoms with Crippen LogP contribution in [0.4, 0.5) is 4.79 Å². The number of rotatable bonds is 4. The third kappa shape index (κ3) is 4.80. The molecule has 28 heavy (non-hydrogen) atoms. The van der Waals surface area contributed by atoms with Crippen LogP contribution in [0.1, 0.15) is 62.8 Å². The SMILES string of the molecule is O=C(NC1CCCCC1)NC1CCN(C(=O)C2CC2c2cccc(Cl)c2)CC1. The van der Waals surface area contributed by atoms with Crippen LogP contribution in [0.3, 0.4) is 0 Å². The first-order valence-electron chi connectivity index (χ1n) is 10.7. The number of nitrogens with zero attached hydrogens (tertiary/aromatic N) is 1. The quantitative estimate of drug-likeness (QED) is 0.796. The molecule has 1 heterocycles. The lowest BCUT2D eigenvalue weighted by atomic mass is 9.96. The van der Waals surface area contributed by atoms with Crippen molar-refractivity contribution in [1.82, 2.24) is 15.5 Å². The van der Waals surface area contributed by atoms with Gasteiger partial charge in [-0.25, -0.2) is 4.79 Å². The van der Waals surface area contributed by atoms with Gasteiger partial charge in [-0.2, -0.15) is 0 Å². The van der Waals surface area contributed by atoms with Crippen LogP contribution >= 0.6 is 11.6 Å². The minimum atomic E-state index is -0.0418. The van der Waals surface area contributed by atoms with E-state index in [1.54, 1.807) is 0 Å². The van der Waals surface area contributed by atoms with Gasteiger partial charge < -0.3 is 15.5 Å². The summed E-state index contributed by atoms with van der Waals surface area (Å²) in [7, 11) is 0. The molecule has 3 fully saturated rings. The number of amides is 3. The monoisotopic (exact) mass is 403 g/mol. The highest BCUT2D eigenvalue weighted by Gasteiger charge is 2.46. The second-order valence-corrected chi connectivity index (χ2v) is 8.99. The Morgan fingerprint density at radius 2 is 1.64 bits per heavy atom. The molecule has 2 aliphatic carbocycles. The topological polar surface area (TPSA) is 61.4 Å². The van der Waals surface area contributed by atoms with Crippen molar-refractivity contribution in [3.05, 3.63) is 34.9 Å². The van der Waals surface area contributed by atoms with Crippen LogP contribution in [0, 0.1) is 5.92 Å². The molecule has 2 N–H and O–H groups in total. The molecule has 1 aromatic rings. The Bertz CT molecular complexity index is 711. The Balaban J connectivity index is 1.20. The standard InChI is InChI=1S/C22H30ClN3O2/c23-16-6-4-5-15(13-16)19-14-20(19)21(27)26-11-9-18(10-12-26)25-22(28)24-17-7-2-1-3-8-17/h4-6,13,17-20H,1-3,7-12,14H2,(H2,24,25,28). The summed E-state index contributed by atoms with van der Waals surface area (Å²) < 4.78 is 0. The second kappa shape index (κ2) is 8.73. The van der Waals surface area contributed by atoms with Crippen LogP contribution < -0.4 is 10.6 Å². The van der Waals surface area contributed by atoms with E-state index in [1.807, 2.05) is 23.1 Å². The molecular weight excluding hydrogens is 374 g/mol. The summed E-state index contributed by atoms with van der Waals surface area (Å²) in [5.41, 5.74) is 1.17. The van der Waals surface area contributed by atoms with Gasteiger partial charge in [-0.05, 0) is 55.7 Å². The number of benzene rings is 1. The first kappa shape index (κ1) is 19.6. The zero-order valence-corrected chi connectivity index (χ0v) is 17.1. The summed E-state index contributed by atoms with van der Waals surface area (Å²) in [6, 6.07) is 8.30. The predicted molar refractivity (Wildman–Crippen MR) is 110 cm³/mol. The van der Waals surface area contributed by atoms with Crippen LogP contribution in [0.2, 0.25) is 5.02 Å². The van der Waals surface area contributed by atoms with E-state index in [1.165, 1.54) is 24.8 Å². The van der Waals surface area contributed by atoms with E-state index in [4.69, 9.17) is 11.6 Å². The Morgan fingerprint density at radius 1 is 0.964 bits per heavy atom. The van der Waals surface area contributed by atoms with Crippen LogP contribution in [0.15, 0.2) is 24.3 Å². The van der Waals surface area contributed by atoms with Crippen molar-refractivity contribution in [3.63, 3.8) is 0 Å². The minimum absolute atomic E-state index is 0.0418. The molecule has 4 rings (SSSR count). The highest BCUT2D eigenvalue weighted by molar-refractivity contribution is 6.30. The van der Waals surface area contributed by atoms with Gasteiger partial charge in [0.25, 0.3) is 0 Å². The van der Waals surface area contributed by atoms with Crippen molar-refractivity contribution in [2.75, 3.05) is 13.1 Å². The van der Waals surface area contributed by atoms with Gasteiger partial charge in [0.15, 0.2) is 0 Å². The zero-order valence-electron chi connectivity index (χ0n) is 16.3. The Kier molecular flexibility index (Phi) is 6.10. The van der Waals surface area contributed by atoms with E-state index in [0.717, 1.165) is 50.2 Å². The van der Waals surface area contributed by atoms with Crippen molar-refractivity contribution in [2.45, 2.75) is 69.4 Å². The molecule has 0 spiro atoms. The lowest BCUT2D eigenvalue weighted by Crippen LogP contribution is -2.51. The number of hydrogen-bond donors (Lipinski definition) is 2. The Hall–Kier alpha value is -1.75. The molecule has 6 heteroatoms. The molecule has 1 aliphatic heterocycles. The van der Waals surface area contributed by atoms with Crippen LogP contribution in [-0.2, 0) is 4.79 Å². The van der Waals surface area contributed by atoms with Crippen molar-refractivity contribution in [1.29, 1.82) is 0 Å². The fraction of sp³-hybridized carbons (Fsp3) is 0.636. The molecule has 2 saturated carbocycles. The molecule has 0 radical (unpaired) electrons. The van der Waals surface area contributed by atoms with E-state index in [2.05, 4.69) is 16.7 Å². The average molecular weight is 404 g/mol. The fourth-order valence-corrected chi connectivity index (χ4v) is 4.91. The maximum absolute atomic E-state index is 12.8. The van der Waals surface area contributed by atoms with Crippen molar-refractivity contribution >= 4 is 23.5 Å². The molecule has 1 aromatic carbocycles. The molecule has 3 aliphatic rings. The van der Waals surface area contributed by atoms with Crippen molar-refractivity contribution in [2.24, 2.45) is 5.92 Å². The normalized spacial score (nSPS) is 26.0. The summed E-state index contributed by atoms with van der Waals surface area (Å²) >= 11 is 6.08. The lowest BCUT2D eigenvalue weighted by Gasteiger charge is -2.33. The summed E-state index contributed by atoms with van der Waals surface area (Å²) in [6.45, 7) is 1.46. The second-order valence-electron chi connectivity index (χ2n) is 8.56. The number of carbonyl (C=O) groups is 2. The van der Waals surface area contributed by atoms with E-state index in [-0.39, 0.29) is 23.9 Å². The third-order valence-corrected chi connectivity index (χ3v) is 6.70. The largest absolute Gasteiger partial charge is 0.342 e. The van der Waals surface area contributed by atoms with E-state index >= 15 is 0 Å². The van der Waals surface area contributed by atoms with Gasteiger partial charge in [0.2, 0.25) is 5.91 Å². The summed E-state index contributed by atoms with van der Waals surface area (Å²) in [5.74, 6) is 0.663. The molecule has 2 atom stereocenters. The van der Waals surface area contributed by atoms with Gasteiger partial charge >= 0.3 is 6.03 Å². The molecule has 3 amide bonds. The highest BCUT2D eigenvalue weighted by Crippen LogP contribution is 2.49. The minimum Gasteiger partial charge on any atom is -0.342 e. The molecule has 0 aromatic heterocycles. The predicted octanol–water partition coefficient (Wildman–Crippen LogP) is 4.07. The fourth-order valence-electron chi connectivity index (χ4n) is 4.71. The van der Waals surface area contributed by atoms with Gasteiger partial charge in [-0.3, -0.25) is 4.79 Å². The van der Waals surface area contributed by atoms with Crippen molar-refractivity contribution < 1.29 is 9.59 Å². The lowest BCUT2D eigenvalue weighted by molar-refractivity contribution is -0.133. The average Bonchev–Trinajstić information content (AvgIpc) is 3.50. The smallest absolute Gasteiger partial charge is 0.315 e. The maximum atomic E-state index is 12.8. The Labute approximate surface area is 172 Å². The van der Waals surface area contributed by atoms with Crippen LogP contribution in [0.25, 0.3) is 0 Å². The molecule has 1 saturated heterocycles. The summed E-state index contributed by atoms with van der Waals surface area (Å²) in [6.07, 6.45) is 8.47. The number of urea groups is 1.